The van der Waals surface area contributed by atoms with Crippen LogP contribution in [-0.2, 0) is 12.6 Å². The summed E-state index contributed by atoms with van der Waals surface area (Å²) >= 11 is 0. The molecule has 14 heavy (non-hydrogen) atoms. The molecule has 1 aromatic rings. The average Bonchev–Trinajstić information content (AvgIpc) is 2.14. The molecular formula is C10H12F3N. The number of likely N-dealkylation sites (N-methyl/N-ethyl adjacent to an activating group) is 1. The summed E-state index contributed by atoms with van der Waals surface area (Å²) in [6.07, 6.45) is -3.85. The highest BCUT2D eigenvalue weighted by molar-refractivity contribution is 5.29. The third-order valence-corrected chi connectivity index (χ3v) is 1.97. The molecule has 0 atom stereocenters. The zero-order valence-corrected chi connectivity index (χ0v) is 7.86. The van der Waals surface area contributed by atoms with Crippen molar-refractivity contribution in [2.45, 2.75) is 12.6 Å². The number of nitrogens with one attached hydrogen (secondary N) is 1. The minimum absolute atomic E-state index is 0.342. The lowest BCUT2D eigenvalue weighted by molar-refractivity contribution is -0.138. The zero-order valence-electron chi connectivity index (χ0n) is 7.86. The van der Waals surface area contributed by atoms with E-state index in [0.717, 1.165) is 6.07 Å². The second-order valence-electron chi connectivity index (χ2n) is 3.01. The van der Waals surface area contributed by atoms with Crippen LogP contribution in [0.25, 0.3) is 0 Å². The summed E-state index contributed by atoms with van der Waals surface area (Å²) in [5, 5.41) is 2.83. The second kappa shape index (κ2) is 4.46. The number of benzene rings is 1. The van der Waals surface area contributed by atoms with Crippen LogP contribution < -0.4 is 5.32 Å². The van der Waals surface area contributed by atoms with Gasteiger partial charge in [-0.3, -0.25) is 0 Å². The molecule has 1 N–H and O–H groups in total. The summed E-state index contributed by atoms with van der Waals surface area (Å²) in [6.45, 7) is 0.549. The van der Waals surface area contributed by atoms with Crippen LogP contribution in [0.15, 0.2) is 24.3 Å². The van der Waals surface area contributed by atoms with Crippen molar-refractivity contribution in [3.05, 3.63) is 35.4 Å². The molecule has 0 fully saturated rings. The lowest BCUT2D eigenvalue weighted by Gasteiger charge is -2.11. The number of rotatable bonds is 3. The lowest BCUT2D eigenvalue weighted by Crippen LogP contribution is -2.15. The fourth-order valence-corrected chi connectivity index (χ4v) is 1.27. The summed E-state index contributed by atoms with van der Waals surface area (Å²) in [5.41, 5.74) is -0.190. The van der Waals surface area contributed by atoms with Crippen molar-refractivity contribution in [1.29, 1.82) is 0 Å². The van der Waals surface area contributed by atoms with E-state index in [2.05, 4.69) is 5.32 Å². The van der Waals surface area contributed by atoms with E-state index in [1.165, 1.54) is 12.1 Å². The Bertz CT molecular complexity index is 294. The maximum Gasteiger partial charge on any atom is 0.416 e. The van der Waals surface area contributed by atoms with Crippen molar-refractivity contribution in [3.63, 3.8) is 0 Å². The Hall–Kier alpha value is -1.03. The molecule has 0 unspecified atom stereocenters. The largest absolute Gasteiger partial charge is 0.416 e. The number of hydrogen-bond acceptors (Lipinski definition) is 1. The molecule has 1 rings (SSSR count). The first-order chi connectivity index (χ1) is 6.55. The predicted molar refractivity (Wildman–Crippen MR) is 49.1 cm³/mol. The highest BCUT2D eigenvalue weighted by Crippen LogP contribution is 2.31. The average molecular weight is 203 g/mol. The van der Waals surface area contributed by atoms with E-state index < -0.39 is 11.7 Å². The van der Waals surface area contributed by atoms with Crippen molar-refractivity contribution in [2.75, 3.05) is 13.6 Å². The Labute approximate surface area is 80.9 Å². The van der Waals surface area contributed by atoms with Gasteiger partial charge in [0.05, 0.1) is 5.56 Å². The van der Waals surface area contributed by atoms with Crippen molar-refractivity contribution in [2.24, 2.45) is 0 Å². The Morgan fingerprint density at radius 1 is 1.21 bits per heavy atom. The first kappa shape index (κ1) is 11.0. The lowest BCUT2D eigenvalue weighted by atomic mass is 10.0. The fraction of sp³-hybridized carbons (Fsp3) is 0.400. The topological polar surface area (TPSA) is 12.0 Å². The molecule has 0 saturated heterocycles. The smallest absolute Gasteiger partial charge is 0.319 e. The molecule has 0 radical (unpaired) electrons. The van der Waals surface area contributed by atoms with E-state index >= 15 is 0 Å². The molecule has 0 amide bonds. The zero-order chi connectivity index (χ0) is 10.6. The van der Waals surface area contributed by atoms with Gasteiger partial charge in [-0.2, -0.15) is 13.2 Å². The Morgan fingerprint density at radius 2 is 1.86 bits per heavy atom. The van der Waals surface area contributed by atoms with Crippen molar-refractivity contribution in [1.82, 2.24) is 5.32 Å². The minimum atomic E-state index is -4.25. The van der Waals surface area contributed by atoms with Gasteiger partial charge in [0.2, 0.25) is 0 Å². The van der Waals surface area contributed by atoms with Crippen LogP contribution in [0.5, 0.6) is 0 Å². The normalized spacial score (nSPS) is 11.7. The standard InChI is InChI=1S/C10H12F3N/c1-14-7-6-8-4-2-3-5-9(8)10(11,12)13/h2-5,14H,6-7H2,1H3. The van der Waals surface area contributed by atoms with Crippen LogP contribution in [0.4, 0.5) is 13.2 Å². The Morgan fingerprint density at radius 3 is 2.43 bits per heavy atom. The van der Waals surface area contributed by atoms with Crippen LogP contribution in [-0.4, -0.2) is 13.6 Å². The van der Waals surface area contributed by atoms with E-state index in [0.29, 0.717) is 18.5 Å². The molecule has 4 heteroatoms. The molecule has 0 bridgehead atoms. The van der Waals surface area contributed by atoms with Crippen LogP contribution >= 0.6 is 0 Å². The first-order valence-corrected chi connectivity index (χ1v) is 4.35. The van der Waals surface area contributed by atoms with E-state index in [1.54, 1.807) is 13.1 Å². The third kappa shape index (κ3) is 2.73. The van der Waals surface area contributed by atoms with Crippen LogP contribution in [0.2, 0.25) is 0 Å². The monoisotopic (exact) mass is 203 g/mol. The number of hydrogen-bond donors (Lipinski definition) is 1. The van der Waals surface area contributed by atoms with Crippen LogP contribution in [0, 0.1) is 0 Å². The molecule has 0 saturated carbocycles. The number of alkyl halides is 3. The van der Waals surface area contributed by atoms with Gasteiger partial charge in [-0.05, 0) is 31.6 Å². The third-order valence-electron chi connectivity index (χ3n) is 1.97. The summed E-state index contributed by atoms with van der Waals surface area (Å²) in [6, 6.07) is 5.66. The van der Waals surface area contributed by atoms with Gasteiger partial charge < -0.3 is 5.32 Å². The van der Waals surface area contributed by atoms with Crippen LogP contribution in [0.3, 0.4) is 0 Å². The minimum Gasteiger partial charge on any atom is -0.319 e. The van der Waals surface area contributed by atoms with Crippen molar-refractivity contribution < 1.29 is 13.2 Å². The molecule has 0 spiro atoms. The predicted octanol–water partition coefficient (Wildman–Crippen LogP) is 2.47. The molecular weight excluding hydrogens is 191 g/mol. The maximum absolute atomic E-state index is 12.5. The van der Waals surface area contributed by atoms with Gasteiger partial charge in [0.15, 0.2) is 0 Å². The maximum atomic E-state index is 12.5. The quantitative estimate of drug-likeness (QED) is 0.795. The van der Waals surface area contributed by atoms with Gasteiger partial charge >= 0.3 is 6.18 Å². The summed E-state index contributed by atoms with van der Waals surface area (Å²) in [4.78, 5) is 0. The SMILES string of the molecule is CNCCc1ccccc1C(F)(F)F. The summed E-state index contributed by atoms with van der Waals surface area (Å²) in [5.74, 6) is 0. The molecule has 0 aliphatic heterocycles. The Kier molecular flexibility index (Phi) is 3.52. The second-order valence-corrected chi connectivity index (χ2v) is 3.01. The van der Waals surface area contributed by atoms with Crippen molar-refractivity contribution in [3.8, 4) is 0 Å². The molecule has 0 aliphatic rings. The first-order valence-electron chi connectivity index (χ1n) is 4.35. The van der Waals surface area contributed by atoms with Gasteiger partial charge in [0.1, 0.15) is 0 Å². The molecule has 0 aromatic heterocycles. The van der Waals surface area contributed by atoms with Crippen LogP contribution in [0.1, 0.15) is 11.1 Å². The number of halogens is 3. The molecule has 78 valence electrons. The Balaban J connectivity index is 2.92. The highest BCUT2D eigenvalue weighted by atomic mass is 19.4. The van der Waals surface area contributed by atoms with E-state index in [1.807, 2.05) is 0 Å². The van der Waals surface area contributed by atoms with E-state index in [9.17, 15) is 13.2 Å². The van der Waals surface area contributed by atoms with Crippen molar-refractivity contribution >= 4 is 0 Å². The van der Waals surface area contributed by atoms with Gasteiger partial charge in [0.25, 0.3) is 0 Å². The molecule has 0 heterocycles. The molecule has 0 aliphatic carbocycles. The van der Waals surface area contributed by atoms with Gasteiger partial charge in [-0.1, -0.05) is 18.2 Å². The van der Waals surface area contributed by atoms with Gasteiger partial charge in [0, 0.05) is 0 Å². The molecule has 1 nitrogen and oxygen atoms in total. The van der Waals surface area contributed by atoms with E-state index in [4.69, 9.17) is 0 Å². The summed E-state index contributed by atoms with van der Waals surface area (Å²) in [7, 11) is 1.72. The summed E-state index contributed by atoms with van der Waals surface area (Å²) < 4.78 is 37.4. The molecule has 1 aromatic carbocycles. The van der Waals surface area contributed by atoms with Gasteiger partial charge in [-0.25, -0.2) is 0 Å². The fourth-order valence-electron chi connectivity index (χ4n) is 1.27. The highest BCUT2D eigenvalue weighted by Gasteiger charge is 2.32. The van der Waals surface area contributed by atoms with Gasteiger partial charge in [-0.15, -0.1) is 0 Å². The van der Waals surface area contributed by atoms with E-state index in [-0.39, 0.29) is 0 Å².